The number of benzene rings is 2. The first-order chi connectivity index (χ1) is 9.19. The first-order valence-corrected chi connectivity index (χ1v) is 6.21. The molecule has 0 unspecified atom stereocenters. The topological polar surface area (TPSA) is 35.5 Å². The zero-order valence-corrected chi connectivity index (χ0v) is 11.1. The molecule has 3 nitrogen and oxygen atoms in total. The Balaban J connectivity index is 2.42. The van der Waals surface area contributed by atoms with Crippen molar-refractivity contribution >= 4 is 5.97 Å². The SMILES string of the molecule is CCOc1cc(OC(C)=O)cc(-c2ccccc2)c1. The van der Waals surface area contributed by atoms with E-state index < -0.39 is 0 Å². The highest BCUT2D eigenvalue weighted by Crippen LogP contribution is 2.30. The molecule has 0 atom stereocenters. The first kappa shape index (κ1) is 13.1. The first-order valence-electron chi connectivity index (χ1n) is 6.21. The third-order valence-corrected chi connectivity index (χ3v) is 2.56. The van der Waals surface area contributed by atoms with Gasteiger partial charge in [0.1, 0.15) is 11.5 Å². The number of ether oxygens (including phenoxy) is 2. The van der Waals surface area contributed by atoms with Crippen molar-refractivity contribution in [1.29, 1.82) is 0 Å². The monoisotopic (exact) mass is 256 g/mol. The van der Waals surface area contributed by atoms with E-state index in [1.807, 2.05) is 49.4 Å². The Morgan fingerprint density at radius 3 is 2.32 bits per heavy atom. The predicted octanol–water partition coefficient (Wildman–Crippen LogP) is 3.68. The van der Waals surface area contributed by atoms with E-state index in [1.54, 1.807) is 6.07 Å². The smallest absolute Gasteiger partial charge is 0.308 e. The Bertz CT molecular complexity index is 561. The molecular formula is C16H16O3. The molecule has 0 saturated heterocycles. The van der Waals surface area contributed by atoms with E-state index in [0.29, 0.717) is 18.1 Å². The largest absolute Gasteiger partial charge is 0.494 e. The van der Waals surface area contributed by atoms with Crippen molar-refractivity contribution in [3.8, 4) is 22.6 Å². The Hall–Kier alpha value is -2.29. The van der Waals surface area contributed by atoms with Gasteiger partial charge in [0.2, 0.25) is 0 Å². The second kappa shape index (κ2) is 6.05. The van der Waals surface area contributed by atoms with Crippen LogP contribution in [0, 0.1) is 0 Å². The van der Waals surface area contributed by atoms with Gasteiger partial charge in [0.15, 0.2) is 0 Å². The maximum absolute atomic E-state index is 11.1. The lowest BCUT2D eigenvalue weighted by Gasteiger charge is -2.10. The third kappa shape index (κ3) is 3.58. The van der Waals surface area contributed by atoms with Crippen molar-refractivity contribution in [1.82, 2.24) is 0 Å². The van der Waals surface area contributed by atoms with Crippen molar-refractivity contribution in [3.63, 3.8) is 0 Å². The van der Waals surface area contributed by atoms with E-state index in [0.717, 1.165) is 11.1 Å². The molecule has 0 heterocycles. The van der Waals surface area contributed by atoms with Crippen LogP contribution in [0.1, 0.15) is 13.8 Å². The second-order valence-electron chi connectivity index (χ2n) is 4.09. The van der Waals surface area contributed by atoms with Crippen LogP contribution in [0.2, 0.25) is 0 Å². The Morgan fingerprint density at radius 2 is 1.68 bits per heavy atom. The van der Waals surface area contributed by atoms with E-state index in [4.69, 9.17) is 9.47 Å². The van der Waals surface area contributed by atoms with E-state index in [1.165, 1.54) is 6.92 Å². The molecule has 2 aromatic carbocycles. The molecule has 0 N–H and O–H groups in total. The minimum Gasteiger partial charge on any atom is -0.494 e. The fourth-order valence-corrected chi connectivity index (χ4v) is 1.84. The molecule has 19 heavy (non-hydrogen) atoms. The Morgan fingerprint density at radius 1 is 1.00 bits per heavy atom. The number of rotatable bonds is 4. The van der Waals surface area contributed by atoms with Crippen molar-refractivity contribution in [2.75, 3.05) is 6.61 Å². The van der Waals surface area contributed by atoms with Crippen LogP contribution in [0.3, 0.4) is 0 Å². The number of hydrogen-bond acceptors (Lipinski definition) is 3. The molecular weight excluding hydrogens is 240 g/mol. The van der Waals surface area contributed by atoms with Crippen molar-refractivity contribution < 1.29 is 14.3 Å². The van der Waals surface area contributed by atoms with E-state index in [-0.39, 0.29) is 5.97 Å². The number of hydrogen-bond donors (Lipinski definition) is 0. The van der Waals surface area contributed by atoms with Crippen LogP contribution in [-0.4, -0.2) is 12.6 Å². The highest BCUT2D eigenvalue weighted by atomic mass is 16.5. The van der Waals surface area contributed by atoms with Crippen LogP contribution in [0.15, 0.2) is 48.5 Å². The Kier molecular flexibility index (Phi) is 4.18. The number of esters is 1. The van der Waals surface area contributed by atoms with Crippen LogP contribution in [0.5, 0.6) is 11.5 Å². The summed E-state index contributed by atoms with van der Waals surface area (Å²) in [6.07, 6.45) is 0. The number of carbonyl (C=O) groups is 1. The summed E-state index contributed by atoms with van der Waals surface area (Å²) < 4.78 is 10.6. The summed E-state index contributed by atoms with van der Waals surface area (Å²) in [6, 6.07) is 15.4. The lowest BCUT2D eigenvalue weighted by molar-refractivity contribution is -0.131. The van der Waals surface area contributed by atoms with Crippen LogP contribution in [0.25, 0.3) is 11.1 Å². The zero-order chi connectivity index (χ0) is 13.7. The van der Waals surface area contributed by atoms with Gasteiger partial charge in [-0.1, -0.05) is 30.3 Å². The maximum Gasteiger partial charge on any atom is 0.308 e. The minimum absolute atomic E-state index is 0.340. The molecule has 3 heteroatoms. The highest BCUT2D eigenvalue weighted by molar-refractivity contribution is 5.72. The lowest BCUT2D eigenvalue weighted by Crippen LogP contribution is -2.02. The summed E-state index contributed by atoms with van der Waals surface area (Å²) in [7, 11) is 0. The molecule has 0 spiro atoms. The summed E-state index contributed by atoms with van der Waals surface area (Å²) in [5, 5.41) is 0. The van der Waals surface area contributed by atoms with Gasteiger partial charge in [-0.25, -0.2) is 0 Å². The average molecular weight is 256 g/mol. The zero-order valence-electron chi connectivity index (χ0n) is 11.1. The molecule has 0 radical (unpaired) electrons. The fraction of sp³-hybridized carbons (Fsp3) is 0.188. The van der Waals surface area contributed by atoms with Crippen LogP contribution < -0.4 is 9.47 Å². The average Bonchev–Trinajstić information content (AvgIpc) is 2.39. The van der Waals surface area contributed by atoms with Gasteiger partial charge in [-0.05, 0) is 30.2 Å². The van der Waals surface area contributed by atoms with E-state index >= 15 is 0 Å². The molecule has 0 aliphatic carbocycles. The van der Waals surface area contributed by atoms with Gasteiger partial charge in [-0.2, -0.15) is 0 Å². The molecule has 0 aromatic heterocycles. The summed E-state index contributed by atoms with van der Waals surface area (Å²) in [6.45, 7) is 3.87. The summed E-state index contributed by atoms with van der Waals surface area (Å²) in [4.78, 5) is 11.1. The second-order valence-corrected chi connectivity index (χ2v) is 4.09. The third-order valence-electron chi connectivity index (χ3n) is 2.56. The molecule has 0 saturated carbocycles. The van der Waals surface area contributed by atoms with Gasteiger partial charge < -0.3 is 9.47 Å². The molecule has 2 rings (SSSR count). The fourth-order valence-electron chi connectivity index (χ4n) is 1.84. The molecule has 0 amide bonds. The van der Waals surface area contributed by atoms with Gasteiger partial charge in [0.05, 0.1) is 6.61 Å². The van der Waals surface area contributed by atoms with Crippen LogP contribution >= 0.6 is 0 Å². The molecule has 2 aromatic rings. The van der Waals surface area contributed by atoms with Crippen molar-refractivity contribution in [2.24, 2.45) is 0 Å². The van der Waals surface area contributed by atoms with E-state index in [9.17, 15) is 4.79 Å². The van der Waals surface area contributed by atoms with Gasteiger partial charge in [0.25, 0.3) is 0 Å². The number of carbonyl (C=O) groups excluding carboxylic acids is 1. The lowest BCUT2D eigenvalue weighted by atomic mass is 10.1. The quantitative estimate of drug-likeness (QED) is 0.618. The summed E-state index contributed by atoms with van der Waals surface area (Å²) in [5.74, 6) is 0.852. The van der Waals surface area contributed by atoms with Gasteiger partial charge in [0, 0.05) is 13.0 Å². The van der Waals surface area contributed by atoms with E-state index in [2.05, 4.69) is 0 Å². The molecule has 98 valence electrons. The highest BCUT2D eigenvalue weighted by Gasteiger charge is 2.06. The molecule has 0 aliphatic heterocycles. The Labute approximate surface area is 112 Å². The van der Waals surface area contributed by atoms with Crippen molar-refractivity contribution in [2.45, 2.75) is 13.8 Å². The summed E-state index contributed by atoms with van der Waals surface area (Å²) >= 11 is 0. The summed E-state index contributed by atoms with van der Waals surface area (Å²) in [5.41, 5.74) is 2.01. The normalized spacial score (nSPS) is 10.0. The maximum atomic E-state index is 11.1. The molecule has 0 fully saturated rings. The van der Waals surface area contributed by atoms with Gasteiger partial charge in [-0.3, -0.25) is 4.79 Å². The molecule has 0 aliphatic rings. The van der Waals surface area contributed by atoms with Crippen molar-refractivity contribution in [3.05, 3.63) is 48.5 Å². The van der Waals surface area contributed by atoms with Crippen LogP contribution in [-0.2, 0) is 4.79 Å². The standard InChI is InChI=1S/C16H16O3/c1-3-18-15-9-14(13-7-5-4-6-8-13)10-16(11-15)19-12(2)17/h4-11H,3H2,1-2H3. The molecule has 0 bridgehead atoms. The predicted molar refractivity (Wildman–Crippen MR) is 74.4 cm³/mol. The van der Waals surface area contributed by atoms with Gasteiger partial charge in [-0.15, -0.1) is 0 Å². The van der Waals surface area contributed by atoms with Gasteiger partial charge >= 0.3 is 5.97 Å². The van der Waals surface area contributed by atoms with Crippen LogP contribution in [0.4, 0.5) is 0 Å². The minimum atomic E-state index is -0.340.